The van der Waals surface area contributed by atoms with Crippen LogP contribution in [-0.4, -0.2) is 36.8 Å². The Hall–Kier alpha value is -1.46. The first-order valence-corrected chi connectivity index (χ1v) is 6.94. The summed E-state index contributed by atoms with van der Waals surface area (Å²) < 4.78 is 5.60. The molecule has 3 N–H and O–H groups in total. The van der Waals surface area contributed by atoms with E-state index in [2.05, 4.69) is 17.0 Å². The molecule has 0 radical (unpaired) electrons. The van der Waals surface area contributed by atoms with Gasteiger partial charge in [-0.25, -0.2) is 0 Å². The summed E-state index contributed by atoms with van der Waals surface area (Å²) in [6, 6.07) is 5.42. The molecule has 1 aromatic rings. The number of rotatable bonds is 3. The average molecular weight is 298 g/mol. The van der Waals surface area contributed by atoms with Crippen molar-refractivity contribution < 1.29 is 9.94 Å². The van der Waals surface area contributed by atoms with Gasteiger partial charge in [0.25, 0.3) is 0 Å². The molecule has 1 fully saturated rings. The maximum absolute atomic E-state index is 8.93. The molecular weight excluding hydrogens is 278 g/mol. The number of piperidine rings is 1. The molecule has 110 valence electrons. The van der Waals surface area contributed by atoms with Gasteiger partial charge in [-0.2, -0.15) is 0 Å². The van der Waals surface area contributed by atoms with Gasteiger partial charge in [0.15, 0.2) is 5.84 Å². The Bertz CT molecular complexity index is 521. The van der Waals surface area contributed by atoms with E-state index < -0.39 is 0 Å². The zero-order valence-corrected chi connectivity index (χ0v) is 12.5. The molecule has 0 aliphatic carbocycles. The highest BCUT2D eigenvalue weighted by Gasteiger charge is 2.31. The van der Waals surface area contributed by atoms with Gasteiger partial charge in [-0.15, -0.1) is 0 Å². The Labute approximate surface area is 124 Å². The van der Waals surface area contributed by atoms with Gasteiger partial charge >= 0.3 is 0 Å². The second-order valence-electron chi connectivity index (χ2n) is 5.33. The Morgan fingerprint density at radius 3 is 2.95 bits per heavy atom. The highest BCUT2D eigenvalue weighted by molar-refractivity contribution is 6.31. The minimum absolute atomic E-state index is 0.0622. The molecule has 6 heteroatoms. The van der Waals surface area contributed by atoms with Crippen molar-refractivity contribution in [3.05, 3.63) is 28.8 Å². The summed E-state index contributed by atoms with van der Waals surface area (Å²) in [7, 11) is 1.73. The Morgan fingerprint density at radius 1 is 1.55 bits per heavy atom. The van der Waals surface area contributed by atoms with E-state index in [-0.39, 0.29) is 11.4 Å². The van der Waals surface area contributed by atoms with E-state index in [0.717, 1.165) is 31.6 Å². The van der Waals surface area contributed by atoms with Gasteiger partial charge in [0.2, 0.25) is 0 Å². The molecule has 1 atom stereocenters. The van der Waals surface area contributed by atoms with Crippen LogP contribution in [-0.2, 0) is 4.74 Å². The molecule has 2 rings (SSSR count). The third-order valence-corrected chi connectivity index (χ3v) is 4.07. The lowest BCUT2D eigenvalue weighted by Gasteiger charge is -2.41. The highest BCUT2D eigenvalue weighted by Crippen LogP contribution is 2.31. The third-order valence-electron chi connectivity index (χ3n) is 3.83. The van der Waals surface area contributed by atoms with Crippen LogP contribution in [0.3, 0.4) is 0 Å². The number of halogens is 1. The van der Waals surface area contributed by atoms with Crippen molar-refractivity contribution in [3.63, 3.8) is 0 Å². The lowest BCUT2D eigenvalue weighted by atomic mass is 9.93. The number of anilines is 1. The van der Waals surface area contributed by atoms with Crippen molar-refractivity contribution in [1.82, 2.24) is 0 Å². The monoisotopic (exact) mass is 297 g/mol. The Kier molecular flexibility index (Phi) is 4.40. The molecule has 1 saturated heterocycles. The molecule has 1 unspecified atom stereocenters. The van der Waals surface area contributed by atoms with Crippen LogP contribution in [0.1, 0.15) is 25.3 Å². The first-order chi connectivity index (χ1) is 9.49. The smallest absolute Gasteiger partial charge is 0.172 e. The zero-order chi connectivity index (χ0) is 14.8. The van der Waals surface area contributed by atoms with E-state index in [0.29, 0.717) is 10.6 Å². The van der Waals surface area contributed by atoms with Crippen LogP contribution in [0.2, 0.25) is 5.02 Å². The maximum Gasteiger partial charge on any atom is 0.172 e. The number of oxime groups is 1. The molecule has 1 heterocycles. The molecule has 5 nitrogen and oxygen atoms in total. The van der Waals surface area contributed by atoms with Crippen molar-refractivity contribution >= 4 is 23.1 Å². The van der Waals surface area contributed by atoms with Crippen LogP contribution in [0.5, 0.6) is 0 Å². The standard InChI is InChI=1S/C14H20ClN3O2/c1-14(20-2)6-3-7-18(9-14)12-5-4-10(15)8-11(12)13(16)17-19/h4-5,8,19H,3,6-7,9H2,1-2H3,(H2,16,17). The fraction of sp³-hybridized carbons (Fsp3) is 0.500. The number of amidine groups is 1. The second-order valence-corrected chi connectivity index (χ2v) is 5.76. The molecule has 0 saturated carbocycles. The summed E-state index contributed by atoms with van der Waals surface area (Å²) in [5.74, 6) is 0.0622. The summed E-state index contributed by atoms with van der Waals surface area (Å²) in [5, 5.41) is 12.6. The van der Waals surface area contributed by atoms with E-state index >= 15 is 0 Å². The van der Waals surface area contributed by atoms with Crippen LogP contribution in [0.4, 0.5) is 5.69 Å². The predicted octanol–water partition coefficient (Wildman–Crippen LogP) is 2.44. The number of hydrogen-bond donors (Lipinski definition) is 2. The topological polar surface area (TPSA) is 71.1 Å². The van der Waals surface area contributed by atoms with Crippen LogP contribution >= 0.6 is 11.6 Å². The van der Waals surface area contributed by atoms with Gasteiger partial charge in [0, 0.05) is 36.5 Å². The molecule has 0 bridgehead atoms. The molecule has 0 aromatic heterocycles. The van der Waals surface area contributed by atoms with Crippen molar-refractivity contribution in [1.29, 1.82) is 0 Å². The summed E-state index contributed by atoms with van der Waals surface area (Å²) in [5.41, 5.74) is 7.12. The van der Waals surface area contributed by atoms with E-state index in [9.17, 15) is 0 Å². The van der Waals surface area contributed by atoms with E-state index in [1.165, 1.54) is 0 Å². The third kappa shape index (κ3) is 2.99. The second kappa shape index (κ2) is 5.89. The normalized spacial score (nSPS) is 23.9. The molecule has 1 aromatic carbocycles. The summed E-state index contributed by atoms with van der Waals surface area (Å²) >= 11 is 6.00. The molecular formula is C14H20ClN3O2. The van der Waals surface area contributed by atoms with Crippen molar-refractivity contribution in [2.24, 2.45) is 10.9 Å². The largest absolute Gasteiger partial charge is 0.409 e. The van der Waals surface area contributed by atoms with Gasteiger partial charge in [0.1, 0.15) is 0 Å². The Balaban J connectivity index is 2.37. The lowest BCUT2D eigenvalue weighted by molar-refractivity contribution is -0.00465. The molecule has 0 spiro atoms. The molecule has 1 aliphatic heterocycles. The number of methoxy groups -OCH3 is 1. The van der Waals surface area contributed by atoms with Crippen LogP contribution in [0.25, 0.3) is 0 Å². The average Bonchev–Trinajstić information content (AvgIpc) is 2.46. The minimum atomic E-state index is -0.180. The van der Waals surface area contributed by atoms with Gasteiger partial charge < -0.3 is 20.6 Å². The fourth-order valence-corrected chi connectivity index (χ4v) is 2.79. The minimum Gasteiger partial charge on any atom is -0.409 e. The van der Waals surface area contributed by atoms with Crippen molar-refractivity contribution in [3.8, 4) is 0 Å². The number of benzene rings is 1. The summed E-state index contributed by atoms with van der Waals surface area (Å²) in [6.07, 6.45) is 2.05. The molecule has 0 amide bonds. The fourth-order valence-electron chi connectivity index (χ4n) is 2.62. The van der Waals surface area contributed by atoms with Gasteiger partial charge in [-0.1, -0.05) is 16.8 Å². The first kappa shape index (κ1) is 14.9. The lowest BCUT2D eigenvalue weighted by Crippen LogP contribution is -2.48. The zero-order valence-electron chi connectivity index (χ0n) is 11.8. The van der Waals surface area contributed by atoms with E-state index in [1.54, 1.807) is 13.2 Å². The van der Waals surface area contributed by atoms with Crippen molar-refractivity contribution in [2.75, 3.05) is 25.1 Å². The number of ether oxygens (including phenoxy) is 1. The van der Waals surface area contributed by atoms with Crippen LogP contribution < -0.4 is 10.6 Å². The van der Waals surface area contributed by atoms with E-state index in [4.69, 9.17) is 27.3 Å². The van der Waals surface area contributed by atoms with Crippen LogP contribution in [0, 0.1) is 0 Å². The number of nitrogens with zero attached hydrogens (tertiary/aromatic N) is 2. The predicted molar refractivity (Wildman–Crippen MR) is 80.8 cm³/mol. The maximum atomic E-state index is 8.93. The first-order valence-electron chi connectivity index (χ1n) is 6.56. The van der Waals surface area contributed by atoms with Gasteiger partial charge in [-0.05, 0) is 38.0 Å². The molecule has 1 aliphatic rings. The van der Waals surface area contributed by atoms with Gasteiger partial charge in [0.05, 0.1) is 5.60 Å². The summed E-state index contributed by atoms with van der Waals surface area (Å²) in [6.45, 7) is 3.77. The van der Waals surface area contributed by atoms with Gasteiger partial charge in [-0.3, -0.25) is 0 Å². The number of hydrogen-bond acceptors (Lipinski definition) is 4. The Morgan fingerprint density at radius 2 is 2.30 bits per heavy atom. The number of nitrogens with two attached hydrogens (primary N) is 1. The summed E-state index contributed by atoms with van der Waals surface area (Å²) in [4.78, 5) is 2.19. The molecule has 20 heavy (non-hydrogen) atoms. The SMILES string of the molecule is COC1(C)CCCN(c2ccc(Cl)cc2/C(N)=N/O)C1. The van der Waals surface area contributed by atoms with Crippen LogP contribution in [0.15, 0.2) is 23.4 Å². The highest BCUT2D eigenvalue weighted by atomic mass is 35.5. The quantitative estimate of drug-likeness (QED) is 0.389. The van der Waals surface area contributed by atoms with Crippen molar-refractivity contribution in [2.45, 2.75) is 25.4 Å². The van der Waals surface area contributed by atoms with E-state index in [1.807, 2.05) is 12.1 Å².